The lowest BCUT2D eigenvalue weighted by molar-refractivity contribution is 0.0582. The predicted molar refractivity (Wildman–Crippen MR) is 79.0 cm³/mol. The quantitative estimate of drug-likeness (QED) is 0.661. The zero-order valence-electron chi connectivity index (χ0n) is 11.8. The Bertz CT molecular complexity index is 766. The minimum absolute atomic E-state index is 0.0422. The first-order valence-corrected chi connectivity index (χ1v) is 6.63. The van der Waals surface area contributed by atoms with Gasteiger partial charge < -0.3 is 14.7 Å². The van der Waals surface area contributed by atoms with Gasteiger partial charge in [0.05, 0.1) is 12.7 Å². The molecule has 0 spiro atoms. The van der Waals surface area contributed by atoms with Crippen LogP contribution in [0.1, 0.15) is 20.7 Å². The Hall–Kier alpha value is -2.80. The summed E-state index contributed by atoms with van der Waals surface area (Å²) in [7, 11) is 1.19. The molecule has 2 N–H and O–H groups in total. The third-order valence-corrected chi connectivity index (χ3v) is 3.04. The van der Waals surface area contributed by atoms with Gasteiger partial charge in [0, 0.05) is 17.2 Å². The highest BCUT2D eigenvalue weighted by Gasteiger charge is 2.17. The lowest BCUT2D eigenvalue weighted by Gasteiger charge is -2.11. The highest BCUT2D eigenvalue weighted by molar-refractivity contribution is 6.30. The Morgan fingerprint density at radius 1 is 1.17 bits per heavy atom. The molecule has 0 unspecified atom stereocenters. The third-order valence-electron chi connectivity index (χ3n) is 2.81. The molecular formula is C15H11ClFNO5. The van der Waals surface area contributed by atoms with Gasteiger partial charge in [-0.3, -0.25) is 4.79 Å². The molecule has 0 aliphatic carbocycles. The number of hydrogen-bond acceptors (Lipinski definition) is 5. The van der Waals surface area contributed by atoms with E-state index >= 15 is 0 Å². The number of benzene rings is 2. The van der Waals surface area contributed by atoms with E-state index in [9.17, 15) is 19.1 Å². The van der Waals surface area contributed by atoms with Crippen molar-refractivity contribution in [2.24, 2.45) is 0 Å². The van der Waals surface area contributed by atoms with E-state index in [2.05, 4.69) is 4.74 Å². The van der Waals surface area contributed by atoms with E-state index in [-0.39, 0.29) is 21.9 Å². The van der Waals surface area contributed by atoms with E-state index < -0.39 is 23.4 Å². The van der Waals surface area contributed by atoms with Crippen LogP contribution in [0.5, 0.6) is 11.5 Å². The molecule has 0 fully saturated rings. The number of nitrogens with one attached hydrogen (secondary N) is 1. The average Bonchev–Trinajstić information content (AvgIpc) is 2.52. The monoisotopic (exact) mass is 339 g/mol. The van der Waals surface area contributed by atoms with Crippen LogP contribution in [0.25, 0.3) is 0 Å². The Kier molecular flexibility index (Phi) is 5.02. The summed E-state index contributed by atoms with van der Waals surface area (Å²) in [5.41, 5.74) is 1.88. The molecule has 0 saturated carbocycles. The van der Waals surface area contributed by atoms with Gasteiger partial charge in [-0.1, -0.05) is 11.6 Å². The standard InChI is InChI=1S/C15H11ClFNO5/c1-22-15(21)11-4-2-8(16)6-13(11)23-18-14(20)10-5-3-9(17)7-12(10)19/h2-7,19H,1H3,(H,18,20). The number of amides is 1. The van der Waals surface area contributed by atoms with Crippen LogP contribution in [0.2, 0.25) is 5.02 Å². The number of hydrogen-bond donors (Lipinski definition) is 2. The van der Waals surface area contributed by atoms with Crippen LogP contribution < -0.4 is 10.3 Å². The summed E-state index contributed by atoms with van der Waals surface area (Å²) in [4.78, 5) is 28.6. The van der Waals surface area contributed by atoms with Crippen molar-refractivity contribution in [3.63, 3.8) is 0 Å². The van der Waals surface area contributed by atoms with Gasteiger partial charge in [-0.05, 0) is 24.3 Å². The van der Waals surface area contributed by atoms with E-state index in [0.29, 0.717) is 0 Å². The van der Waals surface area contributed by atoms with E-state index in [4.69, 9.17) is 16.4 Å². The van der Waals surface area contributed by atoms with Crippen LogP contribution in [0, 0.1) is 5.82 Å². The molecule has 6 nitrogen and oxygen atoms in total. The number of carbonyl (C=O) groups excluding carboxylic acids is 2. The van der Waals surface area contributed by atoms with Gasteiger partial charge in [-0.25, -0.2) is 9.18 Å². The second-order valence-electron chi connectivity index (χ2n) is 4.33. The largest absolute Gasteiger partial charge is 0.507 e. The summed E-state index contributed by atoms with van der Waals surface area (Å²) in [5.74, 6) is -2.80. The van der Waals surface area contributed by atoms with E-state index in [1.807, 2.05) is 5.48 Å². The molecule has 0 radical (unpaired) electrons. The number of rotatable bonds is 4. The molecule has 8 heteroatoms. The summed E-state index contributed by atoms with van der Waals surface area (Å²) in [5, 5.41) is 9.80. The third kappa shape index (κ3) is 3.89. The number of ether oxygens (including phenoxy) is 1. The summed E-state index contributed by atoms with van der Waals surface area (Å²) < 4.78 is 17.5. The van der Waals surface area contributed by atoms with E-state index in [0.717, 1.165) is 18.2 Å². The van der Waals surface area contributed by atoms with Gasteiger partial charge in [-0.15, -0.1) is 0 Å². The number of carbonyl (C=O) groups is 2. The zero-order valence-corrected chi connectivity index (χ0v) is 12.6. The van der Waals surface area contributed by atoms with Crippen LogP contribution in [0.15, 0.2) is 36.4 Å². The van der Waals surface area contributed by atoms with Gasteiger partial charge in [0.2, 0.25) is 0 Å². The Morgan fingerprint density at radius 3 is 2.52 bits per heavy atom. The fraction of sp³-hybridized carbons (Fsp3) is 0.0667. The maximum atomic E-state index is 12.9. The first kappa shape index (κ1) is 16.6. The SMILES string of the molecule is COC(=O)c1ccc(Cl)cc1ONC(=O)c1ccc(F)cc1O. The number of phenols is 1. The molecule has 0 atom stereocenters. The number of methoxy groups -OCH3 is 1. The first-order valence-electron chi connectivity index (χ1n) is 6.26. The first-order chi connectivity index (χ1) is 10.9. The molecule has 1 amide bonds. The summed E-state index contributed by atoms with van der Waals surface area (Å²) in [6.45, 7) is 0. The van der Waals surface area contributed by atoms with Gasteiger partial charge in [-0.2, -0.15) is 5.48 Å². The molecule has 2 aromatic carbocycles. The number of aromatic hydroxyl groups is 1. The molecule has 120 valence electrons. The van der Waals surface area contributed by atoms with Crippen molar-refractivity contribution < 1.29 is 28.7 Å². The van der Waals surface area contributed by atoms with Gasteiger partial charge in [0.1, 0.15) is 17.1 Å². The summed E-state index contributed by atoms with van der Waals surface area (Å²) >= 11 is 5.81. The molecule has 2 rings (SSSR count). The van der Waals surface area contributed by atoms with Crippen molar-refractivity contribution in [1.29, 1.82) is 0 Å². The highest BCUT2D eigenvalue weighted by Crippen LogP contribution is 2.24. The lowest BCUT2D eigenvalue weighted by atomic mass is 10.2. The van der Waals surface area contributed by atoms with Crippen LogP contribution in [0.3, 0.4) is 0 Å². The summed E-state index contributed by atoms with van der Waals surface area (Å²) in [6, 6.07) is 7.00. The van der Waals surface area contributed by atoms with Crippen molar-refractivity contribution in [1.82, 2.24) is 5.48 Å². The minimum Gasteiger partial charge on any atom is -0.507 e. The fourth-order valence-electron chi connectivity index (χ4n) is 1.71. The molecule has 0 bridgehead atoms. The molecule has 0 aliphatic rings. The molecular weight excluding hydrogens is 329 g/mol. The maximum Gasteiger partial charge on any atom is 0.341 e. The minimum atomic E-state index is -0.835. The lowest BCUT2D eigenvalue weighted by Crippen LogP contribution is -2.28. The van der Waals surface area contributed by atoms with Crippen molar-refractivity contribution >= 4 is 23.5 Å². The second-order valence-corrected chi connectivity index (χ2v) is 4.76. The number of halogens is 2. The van der Waals surface area contributed by atoms with E-state index in [1.54, 1.807) is 0 Å². The number of phenolic OH excluding ortho intramolecular Hbond substituents is 1. The number of esters is 1. The molecule has 0 heterocycles. The van der Waals surface area contributed by atoms with E-state index in [1.165, 1.54) is 25.3 Å². The normalized spacial score (nSPS) is 10.0. The van der Waals surface area contributed by atoms with Crippen molar-refractivity contribution in [2.45, 2.75) is 0 Å². The fourth-order valence-corrected chi connectivity index (χ4v) is 1.87. The van der Waals surface area contributed by atoms with Crippen molar-refractivity contribution in [3.8, 4) is 11.5 Å². The van der Waals surface area contributed by atoms with Gasteiger partial charge in [0.25, 0.3) is 5.91 Å². The van der Waals surface area contributed by atoms with Crippen LogP contribution in [-0.2, 0) is 4.74 Å². The molecule has 2 aromatic rings. The number of hydroxylamine groups is 1. The summed E-state index contributed by atoms with van der Waals surface area (Å²) in [6.07, 6.45) is 0. The Balaban J connectivity index is 2.18. The second kappa shape index (κ2) is 6.97. The smallest absolute Gasteiger partial charge is 0.341 e. The van der Waals surface area contributed by atoms with Crippen LogP contribution >= 0.6 is 11.6 Å². The van der Waals surface area contributed by atoms with Crippen LogP contribution in [-0.4, -0.2) is 24.1 Å². The van der Waals surface area contributed by atoms with Crippen LogP contribution in [0.4, 0.5) is 4.39 Å². The Labute approximate surface area is 135 Å². The highest BCUT2D eigenvalue weighted by atomic mass is 35.5. The predicted octanol–water partition coefficient (Wildman–Crippen LogP) is 2.70. The molecule has 0 saturated heterocycles. The van der Waals surface area contributed by atoms with Crippen molar-refractivity contribution in [2.75, 3.05) is 7.11 Å². The topological polar surface area (TPSA) is 84.9 Å². The Morgan fingerprint density at radius 2 is 1.87 bits per heavy atom. The average molecular weight is 340 g/mol. The van der Waals surface area contributed by atoms with Gasteiger partial charge in [0.15, 0.2) is 5.75 Å². The molecule has 0 aromatic heterocycles. The zero-order chi connectivity index (χ0) is 17.0. The van der Waals surface area contributed by atoms with Crippen molar-refractivity contribution in [3.05, 3.63) is 58.4 Å². The maximum absolute atomic E-state index is 12.9. The molecule has 0 aliphatic heterocycles. The molecule has 23 heavy (non-hydrogen) atoms. The van der Waals surface area contributed by atoms with Gasteiger partial charge >= 0.3 is 5.97 Å².